The molecule has 27 heavy (non-hydrogen) atoms. The van der Waals surface area contributed by atoms with Crippen LogP contribution in [0.1, 0.15) is 40.7 Å². The SMILES string of the molecule is CCc1c(-c2ccc(C(F)(F)F)cc2)c(C(N)=O)c(C)n1CCCN(C)C. The predicted molar refractivity (Wildman–Crippen MR) is 101 cm³/mol. The standard InChI is InChI=1S/C20H26F3N3O/c1-5-16-18(14-7-9-15(10-8-14)20(21,22)23)17(19(24)27)13(2)26(16)12-6-11-25(3)4/h7-10H,5-6,11-12H2,1-4H3,(H2,24,27). The Bertz CT molecular complexity index is 805. The van der Waals surface area contributed by atoms with Gasteiger partial charge in [-0.3, -0.25) is 4.79 Å². The highest BCUT2D eigenvalue weighted by Gasteiger charge is 2.30. The molecule has 1 aromatic carbocycles. The number of nitrogens with two attached hydrogens (primary N) is 1. The van der Waals surface area contributed by atoms with E-state index in [9.17, 15) is 18.0 Å². The molecule has 1 heterocycles. The van der Waals surface area contributed by atoms with Crippen molar-refractivity contribution in [3.8, 4) is 11.1 Å². The third kappa shape index (κ3) is 4.53. The minimum Gasteiger partial charge on any atom is -0.366 e. The molecule has 2 aromatic rings. The summed E-state index contributed by atoms with van der Waals surface area (Å²) in [5.74, 6) is -0.566. The first-order chi connectivity index (χ1) is 12.6. The molecule has 0 aliphatic rings. The quantitative estimate of drug-likeness (QED) is 0.785. The number of hydrogen-bond donors (Lipinski definition) is 1. The predicted octanol–water partition coefficient (Wildman–Crippen LogP) is 4.10. The lowest BCUT2D eigenvalue weighted by Crippen LogP contribution is -2.17. The molecule has 0 aliphatic heterocycles. The molecule has 2 N–H and O–H groups in total. The van der Waals surface area contributed by atoms with E-state index in [1.165, 1.54) is 12.1 Å². The molecule has 7 heteroatoms. The average molecular weight is 381 g/mol. The normalized spacial score (nSPS) is 12.0. The number of benzene rings is 1. The van der Waals surface area contributed by atoms with Crippen LogP contribution < -0.4 is 5.73 Å². The fourth-order valence-electron chi connectivity index (χ4n) is 3.45. The number of carbonyl (C=O) groups excluding carboxylic acids is 1. The number of hydrogen-bond acceptors (Lipinski definition) is 2. The van der Waals surface area contributed by atoms with Gasteiger partial charge >= 0.3 is 6.18 Å². The Morgan fingerprint density at radius 2 is 1.78 bits per heavy atom. The molecule has 0 fully saturated rings. The second-order valence-corrected chi connectivity index (χ2v) is 6.88. The third-order valence-electron chi connectivity index (χ3n) is 4.70. The lowest BCUT2D eigenvalue weighted by atomic mass is 9.97. The highest BCUT2D eigenvalue weighted by atomic mass is 19.4. The van der Waals surface area contributed by atoms with Gasteiger partial charge < -0.3 is 15.2 Å². The van der Waals surface area contributed by atoms with Gasteiger partial charge in [0.1, 0.15) is 0 Å². The molecule has 0 saturated carbocycles. The zero-order valence-corrected chi connectivity index (χ0v) is 16.2. The summed E-state index contributed by atoms with van der Waals surface area (Å²) in [7, 11) is 3.98. The van der Waals surface area contributed by atoms with Crippen molar-refractivity contribution in [1.82, 2.24) is 9.47 Å². The third-order valence-corrected chi connectivity index (χ3v) is 4.70. The number of rotatable bonds is 7. The summed E-state index contributed by atoms with van der Waals surface area (Å²) < 4.78 is 40.7. The fourth-order valence-corrected chi connectivity index (χ4v) is 3.45. The maximum Gasteiger partial charge on any atom is 0.416 e. The molecular weight excluding hydrogens is 355 g/mol. The minimum atomic E-state index is -4.40. The van der Waals surface area contributed by atoms with Crippen molar-refractivity contribution in [2.24, 2.45) is 5.73 Å². The molecule has 0 atom stereocenters. The number of amides is 1. The molecule has 0 spiro atoms. The summed E-state index contributed by atoms with van der Waals surface area (Å²) in [6, 6.07) is 4.90. The molecule has 0 radical (unpaired) electrons. The lowest BCUT2D eigenvalue weighted by Gasteiger charge is -2.14. The highest BCUT2D eigenvalue weighted by Crippen LogP contribution is 2.36. The van der Waals surface area contributed by atoms with E-state index in [4.69, 9.17) is 5.73 Å². The van der Waals surface area contributed by atoms with E-state index in [0.717, 1.165) is 36.5 Å². The highest BCUT2D eigenvalue weighted by molar-refractivity contribution is 6.02. The Hall–Kier alpha value is -2.28. The number of carbonyl (C=O) groups is 1. The Morgan fingerprint density at radius 3 is 2.22 bits per heavy atom. The van der Waals surface area contributed by atoms with Gasteiger partial charge in [0.05, 0.1) is 11.1 Å². The van der Waals surface area contributed by atoms with Crippen LogP contribution in [0.4, 0.5) is 13.2 Å². The first-order valence-electron chi connectivity index (χ1n) is 8.92. The molecule has 1 amide bonds. The number of aromatic nitrogens is 1. The number of alkyl halides is 3. The van der Waals surface area contributed by atoms with Crippen molar-refractivity contribution in [2.75, 3.05) is 20.6 Å². The Morgan fingerprint density at radius 1 is 1.19 bits per heavy atom. The zero-order valence-electron chi connectivity index (χ0n) is 16.2. The van der Waals surface area contributed by atoms with E-state index in [1.54, 1.807) is 0 Å². The zero-order chi connectivity index (χ0) is 20.4. The average Bonchev–Trinajstić information content (AvgIpc) is 2.86. The second kappa shape index (κ2) is 8.17. The van der Waals surface area contributed by atoms with Crippen LogP contribution in [0.15, 0.2) is 24.3 Å². The summed E-state index contributed by atoms with van der Waals surface area (Å²) in [4.78, 5) is 14.2. The van der Waals surface area contributed by atoms with Crippen molar-refractivity contribution < 1.29 is 18.0 Å². The minimum absolute atomic E-state index is 0.386. The van der Waals surface area contributed by atoms with E-state index >= 15 is 0 Å². The van der Waals surface area contributed by atoms with Crippen LogP contribution in [-0.4, -0.2) is 36.0 Å². The summed E-state index contributed by atoms with van der Waals surface area (Å²) in [6.45, 7) is 5.41. The van der Waals surface area contributed by atoms with Gasteiger partial charge in [0, 0.05) is 23.5 Å². The molecule has 148 valence electrons. The van der Waals surface area contributed by atoms with E-state index in [2.05, 4.69) is 9.47 Å². The molecule has 2 rings (SSSR count). The molecule has 4 nitrogen and oxygen atoms in total. The van der Waals surface area contributed by atoms with Crippen LogP contribution in [0.25, 0.3) is 11.1 Å². The van der Waals surface area contributed by atoms with Gasteiger partial charge in [0.15, 0.2) is 0 Å². The van der Waals surface area contributed by atoms with Crippen molar-refractivity contribution in [1.29, 1.82) is 0 Å². The van der Waals surface area contributed by atoms with Crippen LogP contribution in [0.5, 0.6) is 0 Å². The fraction of sp³-hybridized carbons (Fsp3) is 0.450. The number of nitrogens with zero attached hydrogens (tertiary/aromatic N) is 2. The van der Waals surface area contributed by atoms with Gasteiger partial charge in [-0.05, 0) is 58.1 Å². The maximum absolute atomic E-state index is 12.9. The second-order valence-electron chi connectivity index (χ2n) is 6.88. The van der Waals surface area contributed by atoms with E-state index < -0.39 is 17.6 Å². The molecule has 0 unspecified atom stereocenters. The molecule has 0 bridgehead atoms. The largest absolute Gasteiger partial charge is 0.416 e. The molecule has 0 aliphatic carbocycles. The topological polar surface area (TPSA) is 51.3 Å². The molecular formula is C20H26F3N3O. The first-order valence-corrected chi connectivity index (χ1v) is 8.92. The van der Waals surface area contributed by atoms with Crippen molar-refractivity contribution in [3.63, 3.8) is 0 Å². The summed E-state index contributed by atoms with van der Waals surface area (Å²) in [5, 5.41) is 0. The monoisotopic (exact) mass is 381 g/mol. The van der Waals surface area contributed by atoms with Gasteiger partial charge in [-0.1, -0.05) is 19.1 Å². The first kappa shape index (κ1) is 21.0. The lowest BCUT2D eigenvalue weighted by molar-refractivity contribution is -0.137. The van der Waals surface area contributed by atoms with Crippen LogP contribution in [0.3, 0.4) is 0 Å². The number of halogens is 3. The van der Waals surface area contributed by atoms with Crippen LogP contribution in [0.2, 0.25) is 0 Å². The van der Waals surface area contributed by atoms with Gasteiger partial charge in [-0.25, -0.2) is 0 Å². The Kier molecular flexibility index (Phi) is 6.36. The number of primary amides is 1. The van der Waals surface area contributed by atoms with Gasteiger partial charge in [0.2, 0.25) is 0 Å². The Balaban J connectivity index is 2.55. The van der Waals surface area contributed by atoms with Crippen molar-refractivity contribution in [2.45, 2.75) is 39.4 Å². The maximum atomic E-state index is 12.9. The Labute approximate surface area is 157 Å². The van der Waals surface area contributed by atoms with Gasteiger partial charge in [0.25, 0.3) is 5.91 Å². The molecule has 1 aromatic heterocycles. The van der Waals surface area contributed by atoms with E-state index in [-0.39, 0.29) is 0 Å². The summed E-state index contributed by atoms with van der Waals surface area (Å²) in [6.07, 6.45) is -2.86. The summed E-state index contributed by atoms with van der Waals surface area (Å²) >= 11 is 0. The van der Waals surface area contributed by atoms with E-state index in [1.807, 2.05) is 27.9 Å². The van der Waals surface area contributed by atoms with Crippen molar-refractivity contribution in [3.05, 3.63) is 46.8 Å². The van der Waals surface area contributed by atoms with Crippen LogP contribution in [0, 0.1) is 6.92 Å². The van der Waals surface area contributed by atoms with E-state index in [0.29, 0.717) is 29.7 Å². The van der Waals surface area contributed by atoms with Crippen LogP contribution >= 0.6 is 0 Å². The van der Waals surface area contributed by atoms with Gasteiger partial charge in [-0.2, -0.15) is 13.2 Å². The van der Waals surface area contributed by atoms with Crippen molar-refractivity contribution >= 4 is 5.91 Å². The molecule has 0 saturated heterocycles. The summed E-state index contributed by atoms with van der Waals surface area (Å²) in [5.41, 5.74) is 8.18. The van der Waals surface area contributed by atoms with Gasteiger partial charge in [-0.15, -0.1) is 0 Å². The smallest absolute Gasteiger partial charge is 0.366 e. The van der Waals surface area contributed by atoms with Crippen LogP contribution in [-0.2, 0) is 19.1 Å².